The van der Waals surface area contributed by atoms with E-state index in [1.165, 1.54) is 86.5 Å². The van der Waals surface area contributed by atoms with E-state index in [1.807, 2.05) is 0 Å². The summed E-state index contributed by atoms with van der Waals surface area (Å²) in [6, 6.07) is 0. The Morgan fingerprint density at radius 1 is 0.769 bits per heavy atom. The summed E-state index contributed by atoms with van der Waals surface area (Å²) in [6.45, 7) is 20.2. The van der Waals surface area contributed by atoms with E-state index in [-0.39, 0.29) is 18.0 Å². The second-order valence-electron chi connectivity index (χ2n) is 13.5. The molecule has 3 nitrogen and oxygen atoms in total. The number of rotatable bonds is 19. The van der Waals surface area contributed by atoms with Gasteiger partial charge in [-0.1, -0.05) is 85.5 Å². The number of nitrogens with two attached hydrogens (primary N) is 1. The van der Waals surface area contributed by atoms with Crippen molar-refractivity contribution in [2.45, 2.75) is 157 Å². The molecular weight excluding hydrogens is 502 g/mol. The zero-order chi connectivity index (χ0) is 28.1. The number of hydrogen-bond donors (Lipinski definition) is 1. The maximum atomic E-state index is 6.82. The molecule has 0 saturated carbocycles. The molecule has 2 unspecified atom stereocenters. The number of unbranched alkanes of at least 4 members (excludes halogenated alkanes) is 3. The van der Waals surface area contributed by atoms with Crippen LogP contribution in [-0.4, -0.2) is 18.8 Å². The highest BCUT2D eigenvalue weighted by Crippen LogP contribution is 2.45. The van der Waals surface area contributed by atoms with Gasteiger partial charge in [0.05, 0.1) is 6.61 Å². The van der Waals surface area contributed by atoms with Crippen molar-refractivity contribution in [3.63, 3.8) is 0 Å². The van der Waals surface area contributed by atoms with E-state index in [9.17, 15) is 0 Å². The Labute approximate surface area is 249 Å². The van der Waals surface area contributed by atoms with Crippen molar-refractivity contribution in [3.8, 4) is 11.5 Å². The molecule has 0 aromatic heterocycles. The molecule has 0 aliphatic carbocycles. The maximum absolute atomic E-state index is 6.82. The smallest absolute Gasteiger partial charge is 0.127 e. The van der Waals surface area contributed by atoms with Crippen molar-refractivity contribution in [1.29, 1.82) is 0 Å². The predicted molar refractivity (Wildman–Crippen MR) is 173 cm³/mol. The van der Waals surface area contributed by atoms with Crippen molar-refractivity contribution in [2.75, 3.05) is 13.2 Å². The fraction of sp³-hybridized carbons (Fsp3) is 0.829. The molecule has 2 N–H and O–H groups in total. The Bertz CT molecular complexity index is 824. The second-order valence-corrected chi connectivity index (χ2v) is 13.5. The van der Waals surface area contributed by atoms with Crippen LogP contribution in [-0.2, 0) is 6.42 Å². The number of benzene rings is 1. The topological polar surface area (TPSA) is 44.5 Å². The molecule has 1 aromatic rings. The Hall–Kier alpha value is -0.930. The van der Waals surface area contributed by atoms with Crippen molar-refractivity contribution >= 4 is 12.4 Å². The Balaban J connectivity index is 0.00000760. The third kappa shape index (κ3) is 12.2. The molecule has 0 spiro atoms. The lowest BCUT2D eigenvalue weighted by Gasteiger charge is -2.38. The molecule has 0 bridgehead atoms. The van der Waals surface area contributed by atoms with Crippen LogP contribution in [0.15, 0.2) is 0 Å². The minimum atomic E-state index is -0.0490. The normalized spacial score (nSPS) is 18.3. The first-order valence-electron chi connectivity index (χ1n) is 16.2. The monoisotopic (exact) mass is 565 g/mol. The van der Waals surface area contributed by atoms with Gasteiger partial charge in [-0.25, -0.2) is 0 Å². The average molecular weight is 566 g/mol. The van der Waals surface area contributed by atoms with Crippen LogP contribution < -0.4 is 15.2 Å². The number of hydrogen-bond acceptors (Lipinski definition) is 3. The van der Waals surface area contributed by atoms with Gasteiger partial charge in [-0.05, 0) is 107 Å². The molecule has 2 rings (SSSR count). The molecule has 1 aromatic carbocycles. The van der Waals surface area contributed by atoms with Crippen LogP contribution in [0.2, 0.25) is 0 Å². The highest BCUT2D eigenvalue weighted by molar-refractivity contribution is 5.85. The van der Waals surface area contributed by atoms with Crippen molar-refractivity contribution in [3.05, 3.63) is 22.3 Å². The van der Waals surface area contributed by atoms with Gasteiger partial charge in [-0.15, -0.1) is 12.4 Å². The molecule has 0 fully saturated rings. The minimum absolute atomic E-state index is 0. The first-order chi connectivity index (χ1) is 18.1. The lowest BCUT2D eigenvalue weighted by Crippen LogP contribution is -2.37. The summed E-state index contributed by atoms with van der Waals surface area (Å²) in [5.41, 5.74) is 10.8. The lowest BCUT2D eigenvalue weighted by molar-refractivity contribution is 0.0511. The van der Waals surface area contributed by atoms with Crippen molar-refractivity contribution < 1.29 is 9.47 Å². The third-order valence-electron chi connectivity index (χ3n) is 9.18. The summed E-state index contributed by atoms with van der Waals surface area (Å²) in [6.07, 6.45) is 18.9. The van der Waals surface area contributed by atoms with Gasteiger partial charge < -0.3 is 15.2 Å². The highest BCUT2D eigenvalue weighted by atomic mass is 35.5. The lowest BCUT2D eigenvalue weighted by atomic mass is 9.83. The van der Waals surface area contributed by atoms with Crippen LogP contribution in [0, 0.1) is 38.5 Å². The van der Waals surface area contributed by atoms with Crippen molar-refractivity contribution in [1.82, 2.24) is 0 Å². The van der Waals surface area contributed by atoms with Gasteiger partial charge in [0.2, 0.25) is 0 Å². The summed E-state index contributed by atoms with van der Waals surface area (Å²) in [4.78, 5) is 0. The van der Waals surface area contributed by atoms with Crippen LogP contribution in [0.1, 0.15) is 147 Å². The van der Waals surface area contributed by atoms with Crippen LogP contribution >= 0.6 is 12.4 Å². The van der Waals surface area contributed by atoms with E-state index in [1.54, 1.807) is 0 Å². The molecule has 1 aliphatic rings. The van der Waals surface area contributed by atoms with Crippen molar-refractivity contribution in [2.24, 2.45) is 23.5 Å². The molecule has 1 heterocycles. The largest absolute Gasteiger partial charge is 0.493 e. The summed E-state index contributed by atoms with van der Waals surface area (Å²) in [7, 11) is 0. The molecule has 4 heteroatoms. The quantitative estimate of drug-likeness (QED) is 0.170. The first kappa shape index (κ1) is 36.1. The fourth-order valence-corrected chi connectivity index (χ4v) is 6.25. The van der Waals surface area contributed by atoms with Crippen LogP contribution in [0.3, 0.4) is 0 Å². The van der Waals surface area contributed by atoms with Gasteiger partial charge in [0.1, 0.15) is 17.1 Å². The molecule has 0 amide bonds. The van der Waals surface area contributed by atoms with E-state index in [0.717, 1.165) is 74.5 Å². The molecule has 3 atom stereocenters. The Morgan fingerprint density at radius 2 is 1.36 bits per heavy atom. The van der Waals surface area contributed by atoms with Crippen LogP contribution in [0.25, 0.3) is 0 Å². The summed E-state index contributed by atoms with van der Waals surface area (Å²) in [5.74, 6) is 4.79. The van der Waals surface area contributed by atoms with Gasteiger partial charge in [0.25, 0.3) is 0 Å². The second kappa shape index (κ2) is 18.5. The zero-order valence-electron chi connectivity index (χ0n) is 27.1. The van der Waals surface area contributed by atoms with Gasteiger partial charge in [0, 0.05) is 5.56 Å². The molecular formula is C35H64ClNO2. The van der Waals surface area contributed by atoms with E-state index in [2.05, 4.69) is 55.4 Å². The van der Waals surface area contributed by atoms with Gasteiger partial charge in [-0.3, -0.25) is 0 Å². The average Bonchev–Trinajstić information content (AvgIpc) is 2.86. The van der Waals surface area contributed by atoms with Gasteiger partial charge in [-0.2, -0.15) is 0 Å². The van der Waals surface area contributed by atoms with E-state index in [4.69, 9.17) is 15.2 Å². The number of ether oxygens (including phenoxy) is 2. The van der Waals surface area contributed by atoms with E-state index < -0.39 is 0 Å². The minimum Gasteiger partial charge on any atom is -0.493 e. The summed E-state index contributed by atoms with van der Waals surface area (Å²) < 4.78 is 13.1. The first-order valence-corrected chi connectivity index (χ1v) is 16.2. The van der Waals surface area contributed by atoms with Gasteiger partial charge >= 0.3 is 0 Å². The molecule has 39 heavy (non-hydrogen) atoms. The standard InChI is InChI=1S/C35H63NO2.ClH/c1-26(2)16-13-17-27(3)18-14-19-28(4)20-15-22-35(8)23-21-32-31(7)33(29(5)30(6)34(32)38-35)37-25-12-10-9-11-24-36;/h26-28H,9-25,36H2,1-8H3;1H/t27?,28?,35-;/m1./s1. The summed E-state index contributed by atoms with van der Waals surface area (Å²) in [5, 5.41) is 0. The number of halogens is 1. The van der Waals surface area contributed by atoms with E-state index >= 15 is 0 Å². The maximum Gasteiger partial charge on any atom is 0.127 e. The SMILES string of the molecule is Cc1c(C)c2c(c(C)c1OCCCCCCN)CC[C@@](C)(CCCC(C)CCCC(C)CCCC(C)C)O2.Cl. The fourth-order valence-electron chi connectivity index (χ4n) is 6.25. The Kier molecular flexibility index (Phi) is 17.1. The Morgan fingerprint density at radius 3 is 1.97 bits per heavy atom. The summed E-state index contributed by atoms with van der Waals surface area (Å²) >= 11 is 0. The molecule has 0 saturated heterocycles. The van der Waals surface area contributed by atoms with Crippen LogP contribution in [0.5, 0.6) is 11.5 Å². The molecule has 228 valence electrons. The van der Waals surface area contributed by atoms with Crippen LogP contribution in [0.4, 0.5) is 0 Å². The molecule has 0 radical (unpaired) electrons. The highest BCUT2D eigenvalue weighted by Gasteiger charge is 2.34. The predicted octanol–water partition coefficient (Wildman–Crippen LogP) is 10.5. The third-order valence-corrected chi connectivity index (χ3v) is 9.18. The zero-order valence-corrected chi connectivity index (χ0v) is 27.9. The van der Waals surface area contributed by atoms with E-state index in [0.29, 0.717) is 0 Å². The number of fused-ring (bicyclic) bond motifs is 1. The van der Waals surface area contributed by atoms with Gasteiger partial charge in [0.15, 0.2) is 0 Å². The molecule has 1 aliphatic heterocycles.